The van der Waals surface area contributed by atoms with Crippen molar-refractivity contribution in [2.75, 3.05) is 43.0 Å². The zero-order valence-electron chi connectivity index (χ0n) is 20.4. The van der Waals surface area contributed by atoms with E-state index < -0.39 is 6.10 Å². The molecular formula is C27H25N7O4. The summed E-state index contributed by atoms with van der Waals surface area (Å²) in [5, 5.41) is 7.07. The summed E-state index contributed by atoms with van der Waals surface area (Å²) in [5.41, 5.74) is 0.990. The molecule has 2 aliphatic heterocycles. The van der Waals surface area contributed by atoms with Crippen LogP contribution in [0.25, 0.3) is 5.82 Å². The van der Waals surface area contributed by atoms with Crippen molar-refractivity contribution in [1.29, 1.82) is 0 Å². The Morgan fingerprint density at radius 3 is 2.45 bits per heavy atom. The number of aromatic nitrogens is 4. The summed E-state index contributed by atoms with van der Waals surface area (Å²) >= 11 is 0. The number of pyridine rings is 2. The predicted octanol–water partition coefficient (Wildman–Crippen LogP) is 2.40. The highest BCUT2D eigenvalue weighted by Crippen LogP contribution is 2.31. The highest BCUT2D eigenvalue weighted by Gasteiger charge is 2.32. The molecule has 11 nitrogen and oxygen atoms in total. The monoisotopic (exact) mass is 511 g/mol. The first-order valence-corrected chi connectivity index (χ1v) is 12.3. The molecule has 3 aromatic heterocycles. The Kier molecular flexibility index (Phi) is 6.30. The number of hydrogen-bond donors (Lipinski definition) is 1. The van der Waals surface area contributed by atoms with Gasteiger partial charge in [0, 0.05) is 38.6 Å². The van der Waals surface area contributed by atoms with Gasteiger partial charge >= 0.3 is 0 Å². The Bertz CT molecular complexity index is 1430. The van der Waals surface area contributed by atoms with Gasteiger partial charge in [-0.2, -0.15) is 5.10 Å². The van der Waals surface area contributed by atoms with E-state index in [0.717, 1.165) is 5.82 Å². The minimum absolute atomic E-state index is 0.0782. The molecule has 6 rings (SSSR count). The molecule has 0 aliphatic carbocycles. The van der Waals surface area contributed by atoms with Gasteiger partial charge in [-0.25, -0.2) is 14.6 Å². The summed E-state index contributed by atoms with van der Waals surface area (Å²) in [6.07, 6.45) is 5.85. The van der Waals surface area contributed by atoms with Crippen LogP contribution in [-0.4, -0.2) is 75.4 Å². The Labute approximate surface area is 218 Å². The zero-order chi connectivity index (χ0) is 25.9. The van der Waals surface area contributed by atoms with Crippen LogP contribution >= 0.6 is 0 Å². The van der Waals surface area contributed by atoms with E-state index in [4.69, 9.17) is 9.47 Å². The van der Waals surface area contributed by atoms with E-state index in [1.54, 1.807) is 46.5 Å². The van der Waals surface area contributed by atoms with Crippen LogP contribution in [0.2, 0.25) is 0 Å². The fourth-order valence-corrected chi connectivity index (χ4v) is 4.41. The number of carbonyl (C=O) groups excluding carboxylic acids is 2. The smallest absolute Gasteiger partial charge is 0.267 e. The van der Waals surface area contributed by atoms with Crippen LogP contribution in [0.4, 0.5) is 11.5 Å². The molecule has 0 radical (unpaired) electrons. The molecule has 1 fully saturated rings. The molecule has 192 valence electrons. The van der Waals surface area contributed by atoms with Crippen LogP contribution in [0.15, 0.2) is 79.4 Å². The van der Waals surface area contributed by atoms with E-state index in [0.29, 0.717) is 54.7 Å². The molecule has 0 bridgehead atoms. The number of amides is 2. The number of rotatable bonds is 5. The molecule has 1 aromatic carbocycles. The van der Waals surface area contributed by atoms with E-state index in [1.165, 1.54) is 0 Å². The van der Waals surface area contributed by atoms with Gasteiger partial charge in [-0.3, -0.25) is 9.59 Å². The quantitative estimate of drug-likeness (QED) is 0.435. The summed E-state index contributed by atoms with van der Waals surface area (Å²) in [6.45, 7) is 2.54. The maximum absolute atomic E-state index is 13.0. The molecule has 1 saturated heterocycles. The van der Waals surface area contributed by atoms with Crippen molar-refractivity contribution in [3.8, 4) is 17.3 Å². The second kappa shape index (κ2) is 10.2. The first-order chi connectivity index (χ1) is 18.6. The highest BCUT2D eigenvalue weighted by atomic mass is 16.6. The molecular weight excluding hydrogens is 486 g/mol. The van der Waals surface area contributed by atoms with E-state index in [2.05, 4.69) is 25.3 Å². The SMILES string of the molecule is O=C(Nc1cnn(-c2ccccn2)c1)c1ccc(N2CCN(C(=O)C3COc4ccccc4O3)CC2)nc1. The van der Waals surface area contributed by atoms with Crippen LogP contribution in [0.1, 0.15) is 10.4 Å². The van der Waals surface area contributed by atoms with Crippen LogP contribution in [0.5, 0.6) is 11.5 Å². The van der Waals surface area contributed by atoms with Gasteiger partial charge in [0.15, 0.2) is 17.3 Å². The molecule has 1 N–H and O–H groups in total. The van der Waals surface area contributed by atoms with Crippen LogP contribution < -0.4 is 19.7 Å². The van der Waals surface area contributed by atoms with E-state index in [1.807, 2.05) is 42.5 Å². The Morgan fingerprint density at radius 1 is 0.868 bits per heavy atom. The highest BCUT2D eigenvalue weighted by molar-refractivity contribution is 6.04. The fourth-order valence-electron chi connectivity index (χ4n) is 4.41. The molecule has 11 heteroatoms. The lowest BCUT2D eigenvalue weighted by Gasteiger charge is -2.37. The lowest BCUT2D eigenvalue weighted by Crippen LogP contribution is -2.54. The molecule has 2 amide bonds. The number of para-hydroxylation sites is 2. The normalized spacial score (nSPS) is 16.7. The standard InChI is InChI=1S/C27H25N7O4/c35-26(31-20-16-30-34(17-20)25-7-3-4-10-28-25)19-8-9-24(29-15-19)32-11-13-33(14-12-32)27(36)23-18-37-21-5-1-2-6-22(21)38-23/h1-10,15-17,23H,11-14,18H2,(H,31,35). The first-order valence-electron chi connectivity index (χ1n) is 12.3. The van der Waals surface area contributed by atoms with Crippen molar-refractivity contribution in [3.63, 3.8) is 0 Å². The molecule has 0 spiro atoms. The van der Waals surface area contributed by atoms with Crippen LogP contribution in [0, 0.1) is 0 Å². The lowest BCUT2D eigenvalue weighted by atomic mass is 10.2. The van der Waals surface area contributed by atoms with Crippen molar-refractivity contribution in [1.82, 2.24) is 24.6 Å². The fraction of sp³-hybridized carbons (Fsp3) is 0.222. The average molecular weight is 512 g/mol. The number of nitrogens with one attached hydrogen (secondary N) is 1. The maximum Gasteiger partial charge on any atom is 0.267 e. The third kappa shape index (κ3) is 4.85. The molecule has 2 aliphatic rings. The number of piperazine rings is 1. The van der Waals surface area contributed by atoms with Gasteiger partial charge in [-0.15, -0.1) is 0 Å². The van der Waals surface area contributed by atoms with Crippen molar-refractivity contribution >= 4 is 23.3 Å². The number of anilines is 2. The lowest BCUT2D eigenvalue weighted by molar-refractivity contribution is -0.141. The average Bonchev–Trinajstić information content (AvgIpc) is 3.45. The van der Waals surface area contributed by atoms with Gasteiger partial charge in [0.1, 0.15) is 12.4 Å². The minimum Gasteiger partial charge on any atom is -0.485 e. The number of fused-ring (bicyclic) bond motifs is 1. The summed E-state index contributed by atoms with van der Waals surface area (Å²) in [5.74, 6) is 2.30. The van der Waals surface area contributed by atoms with Gasteiger partial charge in [0.2, 0.25) is 6.10 Å². The van der Waals surface area contributed by atoms with Crippen LogP contribution in [-0.2, 0) is 4.79 Å². The van der Waals surface area contributed by atoms with Gasteiger partial charge in [-0.1, -0.05) is 18.2 Å². The molecule has 4 aromatic rings. The van der Waals surface area contributed by atoms with Crippen molar-refractivity contribution in [2.24, 2.45) is 0 Å². The largest absolute Gasteiger partial charge is 0.485 e. The number of hydrogen-bond acceptors (Lipinski definition) is 8. The van der Waals surface area contributed by atoms with Gasteiger partial charge in [0.25, 0.3) is 11.8 Å². The Hall–Kier alpha value is -4.93. The number of ether oxygens (including phenoxy) is 2. The zero-order valence-corrected chi connectivity index (χ0v) is 20.4. The summed E-state index contributed by atoms with van der Waals surface area (Å²) < 4.78 is 13.2. The second-order valence-electron chi connectivity index (χ2n) is 8.90. The van der Waals surface area contributed by atoms with E-state index in [-0.39, 0.29) is 18.4 Å². The summed E-state index contributed by atoms with van der Waals surface area (Å²) in [4.78, 5) is 38.3. The topological polar surface area (TPSA) is 115 Å². The van der Waals surface area contributed by atoms with E-state index in [9.17, 15) is 9.59 Å². The van der Waals surface area contributed by atoms with E-state index >= 15 is 0 Å². The van der Waals surface area contributed by atoms with Gasteiger partial charge in [0.05, 0.1) is 23.6 Å². The number of benzene rings is 1. The Morgan fingerprint density at radius 2 is 1.68 bits per heavy atom. The number of carbonyl (C=O) groups is 2. The van der Waals surface area contributed by atoms with Crippen molar-refractivity contribution < 1.29 is 19.1 Å². The predicted molar refractivity (Wildman–Crippen MR) is 139 cm³/mol. The number of nitrogens with zero attached hydrogens (tertiary/aromatic N) is 6. The molecule has 1 unspecified atom stereocenters. The summed E-state index contributed by atoms with van der Waals surface area (Å²) in [7, 11) is 0. The third-order valence-electron chi connectivity index (χ3n) is 6.43. The van der Waals surface area contributed by atoms with Crippen molar-refractivity contribution in [2.45, 2.75) is 6.10 Å². The van der Waals surface area contributed by atoms with Crippen molar-refractivity contribution in [3.05, 3.63) is 84.9 Å². The third-order valence-corrected chi connectivity index (χ3v) is 6.43. The molecule has 38 heavy (non-hydrogen) atoms. The second-order valence-corrected chi connectivity index (χ2v) is 8.90. The first kappa shape index (κ1) is 23.5. The summed E-state index contributed by atoms with van der Waals surface area (Å²) in [6, 6.07) is 16.4. The molecule has 5 heterocycles. The van der Waals surface area contributed by atoms with Crippen LogP contribution in [0.3, 0.4) is 0 Å². The molecule has 1 atom stereocenters. The Balaban J connectivity index is 1.02. The minimum atomic E-state index is -0.650. The van der Waals surface area contributed by atoms with Gasteiger partial charge < -0.3 is 24.6 Å². The maximum atomic E-state index is 13.0. The van der Waals surface area contributed by atoms with Gasteiger partial charge in [-0.05, 0) is 36.4 Å². The molecule has 0 saturated carbocycles.